The van der Waals surface area contributed by atoms with E-state index in [0.29, 0.717) is 17.8 Å². The largest absolute Gasteiger partial charge is 2.00 e. The Hall–Kier alpha value is -0.271. The minimum absolute atomic E-state index is 0. The maximum absolute atomic E-state index is 10.6. The molecule has 1 aliphatic carbocycles. The van der Waals surface area contributed by atoms with Crippen molar-refractivity contribution in [3.8, 4) is 0 Å². The summed E-state index contributed by atoms with van der Waals surface area (Å²) in [6.45, 7) is 1.50. The molecule has 0 saturated carbocycles. The second kappa shape index (κ2) is 3.79. The van der Waals surface area contributed by atoms with Crippen molar-refractivity contribution in [3.63, 3.8) is 0 Å². The van der Waals surface area contributed by atoms with Crippen LogP contribution in [-0.2, 0) is 21.9 Å². The van der Waals surface area contributed by atoms with E-state index < -0.39 is 0 Å². The zero-order valence-electron chi connectivity index (χ0n) is 5.78. The fourth-order valence-electron chi connectivity index (χ4n) is 1.11. The van der Waals surface area contributed by atoms with Crippen molar-refractivity contribution in [2.75, 3.05) is 0 Å². The summed E-state index contributed by atoms with van der Waals surface area (Å²) in [5.41, 5.74) is 0.634. The number of allylic oxidation sites excluding steroid dienone is 2. The van der Waals surface area contributed by atoms with Gasteiger partial charge in [-0.15, -0.1) is 0 Å². The second-order valence-electron chi connectivity index (χ2n) is 2.33. The van der Waals surface area contributed by atoms with Gasteiger partial charge >= 0.3 is 17.1 Å². The second-order valence-corrected chi connectivity index (χ2v) is 2.33. The Kier molecular flexibility index (Phi) is 3.69. The molecule has 0 amide bonds. The van der Waals surface area contributed by atoms with Crippen LogP contribution in [0.5, 0.6) is 0 Å². The molecule has 0 aliphatic heterocycles. The van der Waals surface area contributed by atoms with Gasteiger partial charge in [-0.2, -0.15) is 0 Å². The molecule has 0 atom stereocenters. The van der Waals surface area contributed by atoms with Crippen LogP contribution in [0.1, 0.15) is 26.2 Å². The van der Waals surface area contributed by atoms with Gasteiger partial charge in [0.2, 0.25) is 0 Å². The average Bonchev–Trinajstić information content (AvgIpc) is 2.13. The van der Waals surface area contributed by atoms with E-state index in [-0.39, 0.29) is 22.9 Å². The molecule has 0 aromatic rings. The van der Waals surface area contributed by atoms with E-state index in [1.165, 1.54) is 6.92 Å². The number of carbonyl (C=O) groups is 1. The maximum Gasteiger partial charge on any atom is 2.00 e. The van der Waals surface area contributed by atoms with Gasteiger partial charge in [0.05, 0.1) is 5.76 Å². The molecule has 0 heterocycles. The van der Waals surface area contributed by atoms with E-state index in [0.717, 1.165) is 12.8 Å². The number of hydrogen-bond acceptors (Lipinski definition) is 2. The molecule has 0 bridgehead atoms. The quantitative estimate of drug-likeness (QED) is 0.636. The first-order chi connectivity index (χ1) is 4.22. The Morgan fingerprint density at radius 1 is 1.50 bits per heavy atom. The smallest absolute Gasteiger partial charge is 0.512 e. The van der Waals surface area contributed by atoms with Crippen LogP contribution in [0, 0.1) is 0 Å². The van der Waals surface area contributed by atoms with E-state index in [2.05, 4.69) is 0 Å². The van der Waals surface area contributed by atoms with Gasteiger partial charge in [-0.3, -0.25) is 4.79 Å². The third-order valence-corrected chi connectivity index (χ3v) is 1.61. The Morgan fingerprint density at radius 3 is 2.30 bits per heavy atom. The third kappa shape index (κ3) is 1.86. The normalized spacial score (nSPS) is 16.9. The van der Waals surface area contributed by atoms with Crippen molar-refractivity contribution in [1.82, 2.24) is 0 Å². The molecular formula is C7H10CuO2+2. The molecule has 59 valence electrons. The molecular weight excluding hydrogens is 180 g/mol. The monoisotopic (exact) mass is 189 g/mol. The van der Waals surface area contributed by atoms with Crippen LogP contribution in [0.4, 0.5) is 0 Å². The maximum atomic E-state index is 10.6. The Bertz CT molecular complexity index is 172. The van der Waals surface area contributed by atoms with Gasteiger partial charge in [-0.1, -0.05) is 0 Å². The molecule has 0 unspecified atom stereocenters. The standard InChI is InChI=1S/C7H10O2.Cu/c1-5(8)6-3-2-4-7(6)9;/h9H,2-4H2,1H3;/q;+2. The van der Waals surface area contributed by atoms with Gasteiger partial charge < -0.3 is 5.11 Å². The summed E-state index contributed by atoms with van der Waals surface area (Å²) in [5.74, 6) is 0.326. The average molecular weight is 190 g/mol. The van der Waals surface area contributed by atoms with Crippen molar-refractivity contribution in [2.24, 2.45) is 0 Å². The number of aliphatic hydroxyl groups is 1. The van der Waals surface area contributed by atoms with E-state index in [1.807, 2.05) is 0 Å². The number of Topliss-reactive ketones (excluding diaryl/α,β-unsaturated/α-hetero) is 1. The SMILES string of the molecule is CC(=O)C1=C(O)CCC1.[Cu+2]. The summed E-state index contributed by atoms with van der Waals surface area (Å²) in [4.78, 5) is 10.6. The van der Waals surface area contributed by atoms with Crippen LogP contribution < -0.4 is 0 Å². The molecule has 1 radical (unpaired) electrons. The Morgan fingerprint density at radius 2 is 2.10 bits per heavy atom. The van der Waals surface area contributed by atoms with Crippen molar-refractivity contribution >= 4 is 5.78 Å². The molecule has 1 N–H and O–H groups in total. The first-order valence-corrected chi connectivity index (χ1v) is 3.13. The molecule has 1 aliphatic rings. The Labute approximate surface area is 70.8 Å². The number of hydrogen-bond donors (Lipinski definition) is 1. The predicted octanol–water partition coefficient (Wildman–Crippen LogP) is 1.57. The molecule has 0 spiro atoms. The van der Waals surface area contributed by atoms with Gasteiger partial charge in [0.1, 0.15) is 0 Å². The molecule has 0 aromatic carbocycles. The number of carbonyl (C=O) groups excluding carboxylic acids is 1. The summed E-state index contributed by atoms with van der Waals surface area (Å²) in [5, 5.41) is 9.02. The molecule has 0 saturated heterocycles. The number of aliphatic hydroxyl groups excluding tert-OH is 1. The van der Waals surface area contributed by atoms with Crippen LogP contribution >= 0.6 is 0 Å². The van der Waals surface area contributed by atoms with Crippen molar-refractivity contribution < 1.29 is 27.0 Å². The summed E-state index contributed by atoms with van der Waals surface area (Å²) < 4.78 is 0. The third-order valence-electron chi connectivity index (χ3n) is 1.61. The first kappa shape index (κ1) is 9.73. The minimum atomic E-state index is 0. The van der Waals surface area contributed by atoms with Gasteiger partial charge in [0.25, 0.3) is 0 Å². The Balaban J connectivity index is 0.000000810. The van der Waals surface area contributed by atoms with E-state index in [9.17, 15) is 4.79 Å². The molecule has 2 nitrogen and oxygen atoms in total. The predicted molar refractivity (Wildman–Crippen MR) is 34.2 cm³/mol. The first-order valence-electron chi connectivity index (χ1n) is 3.13. The van der Waals surface area contributed by atoms with Crippen LogP contribution in [-0.4, -0.2) is 10.9 Å². The van der Waals surface area contributed by atoms with E-state index >= 15 is 0 Å². The summed E-state index contributed by atoms with van der Waals surface area (Å²) in [6, 6.07) is 0. The molecule has 0 fully saturated rings. The summed E-state index contributed by atoms with van der Waals surface area (Å²) in [7, 11) is 0. The molecule has 1 rings (SSSR count). The number of rotatable bonds is 1. The molecule has 0 aromatic heterocycles. The molecule has 10 heavy (non-hydrogen) atoms. The van der Waals surface area contributed by atoms with Crippen molar-refractivity contribution in [1.29, 1.82) is 0 Å². The van der Waals surface area contributed by atoms with Crippen LogP contribution in [0.3, 0.4) is 0 Å². The fraction of sp³-hybridized carbons (Fsp3) is 0.571. The van der Waals surface area contributed by atoms with Gasteiger partial charge in [-0.25, -0.2) is 0 Å². The van der Waals surface area contributed by atoms with Crippen LogP contribution in [0.2, 0.25) is 0 Å². The topological polar surface area (TPSA) is 37.3 Å². The fourth-order valence-corrected chi connectivity index (χ4v) is 1.11. The van der Waals surface area contributed by atoms with Crippen molar-refractivity contribution in [3.05, 3.63) is 11.3 Å². The number of ketones is 1. The van der Waals surface area contributed by atoms with Crippen LogP contribution in [0.25, 0.3) is 0 Å². The van der Waals surface area contributed by atoms with E-state index in [1.54, 1.807) is 0 Å². The van der Waals surface area contributed by atoms with E-state index in [4.69, 9.17) is 5.11 Å². The summed E-state index contributed by atoms with van der Waals surface area (Å²) in [6.07, 6.45) is 2.39. The zero-order chi connectivity index (χ0) is 6.85. The zero-order valence-corrected chi connectivity index (χ0v) is 6.72. The van der Waals surface area contributed by atoms with Gasteiger partial charge in [0.15, 0.2) is 5.78 Å². The molecule has 3 heteroatoms. The van der Waals surface area contributed by atoms with Crippen molar-refractivity contribution in [2.45, 2.75) is 26.2 Å². The van der Waals surface area contributed by atoms with Crippen LogP contribution in [0.15, 0.2) is 11.3 Å². The van der Waals surface area contributed by atoms with Gasteiger partial charge in [0, 0.05) is 12.0 Å². The van der Waals surface area contributed by atoms with Gasteiger partial charge in [-0.05, 0) is 19.8 Å². The minimum Gasteiger partial charge on any atom is -0.512 e. The summed E-state index contributed by atoms with van der Waals surface area (Å²) >= 11 is 0.